The van der Waals surface area contributed by atoms with Gasteiger partial charge in [-0.15, -0.1) is 0 Å². The number of alkyl halides is 1. The topological polar surface area (TPSA) is 62.5 Å². The van der Waals surface area contributed by atoms with E-state index in [1.165, 1.54) is 12.1 Å². The second-order valence-corrected chi connectivity index (χ2v) is 6.94. The Morgan fingerprint density at radius 1 is 1.18 bits per heavy atom. The Morgan fingerprint density at radius 2 is 1.96 bits per heavy atom. The average molecular weight is 385 g/mol. The molecular formula is C20H21F2N5O. The minimum atomic E-state index is -1.35. The number of nitrogens with zero attached hydrogens (tertiary/aromatic N) is 4. The molecule has 2 amide bonds. The number of fused-ring (bicyclic) bond motifs is 1. The fourth-order valence-corrected chi connectivity index (χ4v) is 3.65. The van der Waals surface area contributed by atoms with Crippen LogP contribution in [-0.4, -0.2) is 38.6 Å². The lowest BCUT2D eigenvalue weighted by Gasteiger charge is -2.33. The summed E-state index contributed by atoms with van der Waals surface area (Å²) in [6, 6.07) is 9.36. The Bertz CT molecular complexity index is 968. The van der Waals surface area contributed by atoms with E-state index in [1.54, 1.807) is 46.1 Å². The first-order valence-corrected chi connectivity index (χ1v) is 9.32. The van der Waals surface area contributed by atoms with E-state index in [1.807, 2.05) is 0 Å². The molecule has 8 heteroatoms. The van der Waals surface area contributed by atoms with Crippen LogP contribution >= 0.6 is 0 Å². The fraction of sp³-hybridized carbons (Fsp3) is 0.350. The Labute approximate surface area is 161 Å². The third-order valence-electron chi connectivity index (χ3n) is 5.23. The quantitative estimate of drug-likeness (QED) is 0.748. The number of nitrogens with one attached hydrogen (secondary N) is 1. The number of rotatable bonds is 4. The number of carbonyl (C=O) groups is 1. The van der Waals surface area contributed by atoms with E-state index in [0.717, 1.165) is 11.3 Å². The number of benzene rings is 1. The Kier molecular flexibility index (Phi) is 5.18. The van der Waals surface area contributed by atoms with Crippen molar-refractivity contribution >= 4 is 11.7 Å². The summed E-state index contributed by atoms with van der Waals surface area (Å²) in [4.78, 5) is 18.3. The number of urea groups is 1. The highest BCUT2D eigenvalue weighted by Gasteiger charge is 2.30. The van der Waals surface area contributed by atoms with E-state index in [2.05, 4.69) is 15.4 Å². The van der Waals surface area contributed by atoms with Gasteiger partial charge in [-0.2, -0.15) is 5.10 Å². The second-order valence-electron chi connectivity index (χ2n) is 6.94. The molecule has 1 aromatic carbocycles. The lowest BCUT2D eigenvalue weighted by atomic mass is 9.88. The van der Waals surface area contributed by atoms with Crippen LogP contribution in [0.5, 0.6) is 0 Å². The highest BCUT2D eigenvalue weighted by Crippen LogP contribution is 2.34. The lowest BCUT2D eigenvalue weighted by Crippen LogP contribution is -2.44. The van der Waals surface area contributed by atoms with Gasteiger partial charge in [-0.05, 0) is 30.9 Å². The molecule has 1 fully saturated rings. The normalized spacial score (nSPS) is 16.3. The number of aromatic nitrogens is 3. The standard InChI is InChI=1S/C20H21F2N5O/c21-17-4-2-1-3-16(17)19(22)14-7-11-26(12-8-14)20(28)24-13-15-5-9-23-18-6-10-25-27(15)18/h1-6,9-10,14,19H,7-8,11-13H2,(H,24,28). The van der Waals surface area contributed by atoms with E-state index in [0.29, 0.717) is 32.5 Å². The van der Waals surface area contributed by atoms with Gasteiger partial charge >= 0.3 is 6.03 Å². The van der Waals surface area contributed by atoms with Crippen molar-refractivity contribution < 1.29 is 13.6 Å². The maximum Gasteiger partial charge on any atom is 0.317 e. The monoisotopic (exact) mass is 385 g/mol. The highest BCUT2D eigenvalue weighted by molar-refractivity contribution is 5.74. The van der Waals surface area contributed by atoms with Crippen LogP contribution in [0.2, 0.25) is 0 Å². The van der Waals surface area contributed by atoms with Crippen LogP contribution in [0, 0.1) is 11.7 Å². The molecule has 0 aliphatic carbocycles. The van der Waals surface area contributed by atoms with Crippen molar-refractivity contribution in [2.24, 2.45) is 5.92 Å². The summed E-state index contributed by atoms with van der Waals surface area (Å²) in [5.74, 6) is -0.803. The van der Waals surface area contributed by atoms with Crippen LogP contribution in [0.3, 0.4) is 0 Å². The Balaban J connectivity index is 1.32. The predicted molar refractivity (Wildman–Crippen MR) is 99.8 cm³/mol. The summed E-state index contributed by atoms with van der Waals surface area (Å²) in [5, 5.41) is 7.07. The average Bonchev–Trinajstić information content (AvgIpc) is 3.21. The first kappa shape index (κ1) is 18.3. The molecule has 1 aliphatic rings. The highest BCUT2D eigenvalue weighted by atomic mass is 19.1. The Hall–Kier alpha value is -3.03. The molecule has 4 rings (SSSR count). The van der Waals surface area contributed by atoms with Gasteiger partial charge in [0.1, 0.15) is 12.0 Å². The molecule has 2 aromatic heterocycles. The molecule has 0 radical (unpaired) electrons. The molecule has 1 saturated heterocycles. The number of hydrogen-bond donors (Lipinski definition) is 1. The van der Waals surface area contributed by atoms with E-state index in [9.17, 15) is 13.6 Å². The smallest absolute Gasteiger partial charge is 0.317 e. The van der Waals surface area contributed by atoms with Crippen molar-refractivity contribution in [3.8, 4) is 0 Å². The maximum atomic E-state index is 14.7. The zero-order valence-corrected chi connectivity index (χ0v) is 15.3. The summed E-state index contributed by atoms with van der Waals surface area (Å²) in [5.41, 5.74) is 1.64. The van der Waals surface area contributed by atoms with E-state index in [4.69, 9.17) is 0 Å². The van der Waals surface area contributed by atoms with E-state index < -0.39 is 12.0 Å². The van der Waals surface area contributed by atoms with Crippen molar-refractivity contribution in [1.29, 1.82) is 0 Å². The van der Waals surface area contributed by atoms with Gasteiger partial charge in [0.2, 0.25) is 0 Å². The van der Waals surface area contributed by atoms with Crippen molar-refractivity contribution in [2.75, 3.05) is 13.1 Å². The molecule has 3 heterocycles. The van der Waals surface area contributed by atoms with Crippen LogP contribution in [0.15, 0.2) is 48.8 Å². The summed E-state index contributed by atoms with van der Waals surface area (Å²) in [6.07, 6.45) is 2.98. The van der Waals surface area contributed by atoms with Crippen LogP contribution in [-0.2, 0) is 6.54 Å². The van der Waals surface area contributed by atoms with Crippen LogP contribution in [0.25, 0.3) is 5.65 Å². The summed E-state index contributed by atoms with van der Waals surface area (Å²) >= 11 is 0. The number of hydrogen-bond acceptors (Lipinski definition) is 3. The van der Waals surface area contributed by atoms with Crippen LogP contribution < -0.4 is 5.32 Å². The largest absolute Gasteiger partial charge is 0.332 e. The van der Waals surface area contributed by atoms with Gasteiger partial charge in [0, 0.05) is 30.9 Å². The molecule has 1 atom stereocenters. The molecule has 3 aromatic rings. The van der Waals surface area contributed by atoms with Crippen LogP contribution in [0.1, 0.15) is 30.3 Å². The molecular weight excluding hydrogens is 364 g/mol. The lowest BCUT2D eigenvalue weighted by molar-refractivity contribution is 0.126. The van der Waals surface area contributed by atoms with E-state index in [-0.39, 0.29) is 17.5 Å². The number of carbonyl (C=O) groups excluding carboxylic acids is 1. The fourth-order valence-electron chi connectivity index (χ4n) is 3.65. The summed E-state index contributed by atoms with van der Waals surface area (Å²) < 4.78 is 30.2. The van der Waals surface area contributed by atoms with Gasteiger partial charge in [0.15, 0.2) is 5.65 Å². The van der Waals surface area contributed by atoms with Gasteiger partial charge in [0.25, 0.3) is 0 Å². The van der Waals surface area contributed by atoms with Gasteiger partial charge < -0.3 is 10.2 Å². The first-order chi connectivity index (χ1) is 13.6. The number of halogens is 2. The molecule has 1 unspecified atom stereocenters. The zero-order valence-electron chi connectivity index (χ0n) is 15.3. The SMILES string of the molecule is O=C(NCc1ccnc2ccnn12)N1CCC(C(F)c2ccccc2F)CC1. The maximum absolute atomic E-state index is 14.7. The van der Waals surface area contributed by atoms with Crippen molar-refractivity contribution in [3.63, 3.8) is 0 Å². The summed E-state index contributed by atoms with van der Waals surface area (Å²) in [6.45, 7) is 1.21. The molecule has 0 saturated carbocycles. The first-order valence-electron chi connectivity index (χ1n) is 9.32. The minimum absolute atomic E-state index is 0.103. The minimum Gasteiger partial charge on any atom is -0.332 e. The third kappa shape index (κ3) is 3.67. The molecule has 0 bridgehead atoms. The van der Waals surface area contributed by atoms with E-state index >= 15 is 0 Å². The van der Waals surface area contributed by atoms with Gasteiger partial charge in [-0.3, -0.25) is 0 Å². The number of piperidine rings is 1. The summed E-state index contributed by atoms with van der Waals surface area (Å²) in [7, 11) is 0. The second kappa shape index (κ2) is 7.92. The number of amides is 2. The molecule has 28 heavy (non-hydrogen) atoms. The zero-order chi connectivity index (χ0) is 19.5. The molecule has 0 spiro atoms. The van der Waals surface area contributed by atoms with Gasteiger partial charge in [-0.25, -0.2) is 23.1 Å². The third-order valence-corrected chi connectivity index (χ3v) is 5.23. The van der Waals surface area contributed by atoms with Gasteiger partial charge in [0.05, 0.1) is 18.4 Å². The molecule has 1 N–H and O–H groups in total. The number of likely N-dealkylation sites (tertiary alicyclic amines) is 1. The Morgan fingerprint density at radius 3 is 2.75 bits per heavy atom. The predicted octanol–water partition coefficient (Wildman–Crippen LogP) is 3.50. The molecule has 1 aliphatic heterocycles. The van der Waals surface area contributed by atoms with Gasteiger partial charge in [-0.1, -0.05) is 18.2 Å². The van der Waals surface area contributed by atoms with Crippen molar-refractivity contribution in [3.05, 3.63) is 65.9 Å². The molecule has 6 nitrogen and oxygen atoms in total. The van der Waals surface area contributed by atoms with Crippen LogP contribution in [0.4, 0.5) is 13.6 Å². The van der Waals surface area contributed by atoms with Crippen molar-refractivity contribution in [1.82, 2.24) is 24.8 Å². The molecule has 146 valence electrons. The van der Waals surface area contributed by atoms with Crippen molar-refractivity contribution in [2.45, 2.75) is 25.6 Å².